The third-order valence-corrected chi connectivity index (χ3v) is 3.87. The summed E-state index contributed by atoms with van der Waals surface area (Å²) in [6, 6.07) is 14.6. The molecule has 142 valence electrons. The average molecular weight is 395 g/mol. The normalized spacial score (nSPS) is 10.6. The zero-order valence-electron chi connectivity index (χ0n) is 15.0. The number of rotatable bonds is 8. The zero-order valence-corrected chi connectivity index (χ0v) is 15.7. The maximum atomic E-state index is 11.9. The first-order valence-electron chi connectivity index (χ1n) is 8.64. The van der Waals surface area contributed by atoms with Crippen LogP contribution in [0.1, 0.15) is 5.56 Å². The predicted molar refractivity (Wildman–Crippen MR) is 112 cm³/mol. The fourth-order valence-corrected chi connectivity index (χ4v) is 2.40. The Labute approximate surface area is 167 Å². The van der Waals surface area contributed by atoms with Crippen LogP contribution in [0.25, 0.3) is 6.08 Å². The van der Waals surface area contributed by atoms with E-state index in [0.29, 0.717) is 35.6 Å². The van der Waals surface area contributed by atoms with Crippen LogP contribution in [0.5, 0.6) is 0 Å². The lowest BCUT2D eigenvalue weighted by atomic mass is 10.2. The van der Waals surface area contributed by atoms with E-state index < -0.39 is 0 Å². The van der Waals surface area contributed by atoms with Crippen LogP contribution in [0.15, 0.2) is 67.1 Å². The highest BCUT2D eigenvalue weighted by atomic mass is 35.5. The Bertz CT molecular complexity index is 931. The van der Waals surface area contributed by atoms with E-state index in [1.165, 1.54) is 12.4 Å². The summed E-state index contributed by atoms with van der Waals surface area (Å²) >= 11 is 5.83. The minimum absolute atomic E-state index is 0.169. The van der Waals surface area contributed by atoms with Gasteiger partial charge in [0.25, 0.3) is 0 Å². The number of amides is 1. The summed E-state index contributed by atoms with van der Waals surface area (Å²) in [5, 5.41) is 9.71. The molecule has 2 heterocycles. The maximum absolute atomic E-state index is 11.9. The second-order valence-corrected chi connectivity index (χ2v) is 6.17. The monoisotopic (exact) mass is 394 g/mol. The number of hydrogen-bond acceptors (Lipinski definition) is 6. The van der Waals surface area contributed by atoms with Crippen molar-refractivity contribution in [2.45, 2.75) is 0 Å². The van der Waals surface area contributed by atoms with Crippen LogP contribution in [0.4, 0.5) is 17.5 Å². The Kier molecular flexibility index (Phi) is 6.92. The number of benzene rings is 1. The molecule has 0 saturated carbocycles. The molecule has 7 nitrogen and oxygen atoms in total. The van der Waals surface area contributed by atoms with E-state index in [1.54, 1.807) is 30.5 Å². The zero-order chi connectivity index (χ0) is 19.6. The van der Waals surface area contributed by atoms with Gasteiger partial charge in [-0.1, -0.05) is 29.8 Å². The lowest BCUT2D eigenvalue weighted by Gasteiger charge is -2.08. The number of aromatic nitrogens is 3. The molecule has 3 aromatic rings. The number of nitrogens with zero attached hydrogens (tertiary/aromatic N) is 3. The number of nitrogens with one attached hydrogen (secondary N) is 3. The van der Waals surface area contributed by atoms with E-state index in [0.717, 1.165) is 5.56 Å². The molecule has 1 aromatic carbocycles. The quantitative estimate of drug-likeness (QED) is 0.400. The van der Waals surface area contributed by atoms with E-state index in [-0.39, 0.29) is 5.91 Å². The number of carbonyl (C=O) groups excluding carboxylic acids is 1. The van der Waals surface area contributed by atoms with Crippen LogP contribution in [0.2, 0.25) is 5.02 Å². The topological polar surface area (TPSA) is 91.8 Å². The highest BCUT2D eigenvalue weighted by molar-refractivity contribution is 6.30. The number of pyridine rings is 1. The fraction of sp³-hybridized carbons (Fsp3) is 0.100. The summed E-state index contributed by atoms with van der Waals surface area (Å²) in [7, 11) is 0. The molecular weight excluding hydrogens is 376 g/mol. The van der Waals surface area contributed by atoms with Gasteiger partial charge < -0.3 is 16.0 Å². The highest BCUT2D eigenvalue weighted by Crippen LogP contribution is 2.13. The summed E-state index contributed by atoms with van der Waals surface area (Å²) in [5.74, 6) is 1.81. The van der Waals surface area contributed by atoms with Crippen LogP contribution in [-0.4, -0.2) is 33.9 Å². The molecule has 1 amide bonds. The SMILES string of the molecule is O=C(/C=C/c1ccc(Cl)cc1)NCCNc1cc(Nc2ccccn2)ncn1. The fourth-order valence-electron chi connectivity index (χ4n) is 2.27. The molecular formula is C20H19ClN6O. The minimum Gasteiger partial charge on any atom is -0.368 e. The van der Waals surface area contributed by atoms with Crippen molar-refractivity contribution in [3.8, 4) is 0 Å². The van der Waals surface area contributed by atoms with Gasteiger partial charge in [-0.25, -0.2) is 15.0 Å². The third-order valence-electron chi connectivity index (χ3n) is 3.62. The molecule has 0 aliphatic heterocycles. The standard InChI is InChI=1S/C20H19ClN6O/c21-16-7-4-15(5-8-16)6-9-20(28)24-12-11-23-18-13-19(26-14-25-18)27-17-3-1-2-10-22-17/h1-10,13-14H,11-12H2,(H,24,28)(H2,22,23,25,26,27)/b9-6+. The molecule has 28 heavy (non-hydrogen) atoms. The third kappa shape index (κ3) is 6.37. The lowest BCUT2D eigenvalue weighted by Crippen LogP contribution is -2.27. The van der Waals surface area contributed by atoms with Crippen molar-refractivity contribution >= 4 is 41.0 Å². The summed E-state index contributed by atoms with van der Waals surface area (Å²) in [6.07, 6.45) is 6.38. The summed E-state index contributed by atoms with van der Waals surface area (Å²) < 4.78 is 0. The Hall–Kier alpha value is -3.45. The molecule has 0 fully saturated rings. The number of hydrogen-bond donors (Lipinski definition) is 3. The highest BCUT2D eigenvalue weighted by Gasteiger charge is 2.00. The van der Waals surface area contributed by atoms with Crippen molar-refractivity contribution in [3.05, 3.63) is 77.7 Å². The van der Waals surface area contributed by atoms with Gasteiger partial charge in [-0.15, -0.1) is 0 Å². The Balaban J connectivity index is 1.41. The van der Waals surface area contributed by atoms with Crippen molar-refractivity contribution < 1.29 is 4.79 Å². The van der Waals surface area contributed by atoms with E-state index in [1.807, 2.05) is 30.3 Å². The number of carbonyl (C=O) groups is 1. The molecule has 3 N–H and O–H groups in total. The van der Waals surface area contributed by atoms with E-state index in [9.17, 15) is 4.79 Å². The van der Waals surface area contributed by atoms with Gasteiger partial charge in [-0.3, -0.25) is 4.79 Å². The largest absolute Gasteiger partial charge is 0.368 e. The number of anilines is 3. The van der Waals surface area contributed by atoms with Gasteiger partial charge in [0.05, 0.1) is 0 Å². The van der Waals surface area contributed by atoms with Crippen LogP contribution >= 0.6 is 11.6 Å². The average Bonchev–Trinajstić information content (AvgIpc) is 2.72. The minimum atomic E-state index is -0.169. The van der Waals surface area contributed by atoms with Crippen molar-refractivity contribution in [1.82, 2.24) is 20.3 Å². The first-order valence-corrected chi connectivity index (χ1v) is 9.02. The van der Waals surface area contributed by atoms with Gasteiger partial charge >= 0.3 is 0 Å². The first kappa shape index (κ1) is 19.3. The molecule has 3 rings (SSSR count). The summed E-state index contributed by atoms with van der Waals surface area (Å²) in [5.41, 5.74) is 0.909. The molecule has 0 spiro atoms. The lowest BCUT2D eigenvalue weighted by molar-refractivity contribution is -0.116. The molecule has 8 heteroatoms. The Morgan fingerprint density at radius 3 is 2.57 bits per heavy atom. The van der Waals surface area contributed by atoms with Gasteiger partial charge in [0.15, 0.2) is 0 Å². The molecule has 0 aliphatic rings. The van der Waals surface area contributed by atoms with E-state index >= 15 is 0 Å². The number of halogens is 1. The molecule has 0 atom stereocenters. The van der Waals surface area contributed by atoms with Gasteiger partial charge in [0.1, 0.15) is 23.8 Å². The summed E-state index contributed by atoms with van der Waals surface area (Å²) in [4.78, 5) is 24.4. The predicted octanol–water partition coefficient (Wildman–Crippen LogP) is 3.51. The second-order valence-electron chi connectivity index (χ2n) is 5.73. The first-order chi connectivity index (χ1) is 13.7. The molecule has 0 aliphatic carbocycles. The maximum Gasteiger partial charge on any atom is 0.244 e. The molecule has 2 aromatic heterocycles. The second kappa shape index (κ2) is 10.0. The van der Waals surface area contributed by atoms with Crippen molar-refractivity contribution in [2.24, 2.45) is 0 Å². The van der Waals surface area contributed by atoms with Gasteiger partial charge in [-0.05, 0) is 35.9 Å². The molecule has 0 unspecified atom stereocenters. The van der Waals surface area contributed by atoms with Crippen LogP contribution in [0, 0.1) is 0 Å². The summed E-state index contributed by atoms with van der Waals surface area (Å²) in [6.45, 7) is 0.983. The Morgan fingerprint density at radius 1 is 0.964 bits per heavy atom. The molecule has 0 radical (unpaired) electrons. The smallest absolute Gasteiger partial charge is 0.244 e. The molecule has 0 bridgehead atoms. The van der Waals surface area contributed by atoms with E-state index in [4.69, 9.17) is 11.6 Å². The van der Waals surface area contributed by atoms with Crippen LogP contribution in [-0.2, 0) is 4.79 Å². The van der Waals surface area contributed by atoms with Gasteiger partial charge in [0, 0.05) is 36.5 Å². The van der Waals surface area contributed by atoms with Crippen molar-refractivity contribution in [3.63, 3.8) is 0 Å². The van der Waals surface area contributed by atoms with Gasteiger partial charge in [0.2, 0.25) is 5.91 Å². The molecule has 0 saturated heterocycles. The van der Waals surface area contributed by atoms with Crippen molar-refractivity contribution in [2.75, 3.05) is 23.7 Å². The van der Waals surface area contributed by atoms with Crippen LogP contribution < -0.4 is 16.0 Å². The van der Waals surface area contributed by atoms with Crippen molar-refractivity contribution in [1.29, 1.82) is 0 Å². The Morgan fingerprint density at radius 2 is 1.79 bits per heavy atom. The van der Waals surface area contributed by atoms with Gasteiger partial charge in [-0.2, -0.15) is 0 Å². The van der Waals surface area contributed by atoms with E-state index in [2.05, 4.69) is 30.9 Å². The van der Waals surface area contributed by atoms with Crippen LogP contribution in [0.3, 0.4) is 0 Å².